The summed E-state index contributed by atoms with van der Waals surface area (Å²) in [5.74, 6) is 2.17. The number of hydrogen-bond donors (Lipinski definition) is 0. The summed E-state index contributed by atoms with van der Waals surface area (Å²) in [5.41, 5.74) is 10.5. The van der Waals surface area contributed by atoms with E-state index in [1.165, 1.54) is 137 Å². The van der Waals surface area contributed by atoms with Crippen LogP contribution in [0.15, 0.2) is 158 Å². The van der Waals surface area contributed by atoms with E-state index in [2.05, 4.69) is 183 Å². The highest BCUT2D eigenvalue weighted by Crippen LogP contribution is 2.63. The minimum Gasteiger partial charge on any atom is -0.319 e. The quantitative estimate of drug-likeness (QED) is 0.165. The summed E-state index contributed by atoms with van der Waals surface area (Å²) in [6.45, 7) is 10.1. The molecule has 8 aromatic carbocycles. The molecule has 0 bridgehead atoms. The first kappa shape index (κ1) is 38.5. The van der Waals surface area contributed by atoms with Gasteiger partial charge < -0.3 is 9.80 Å². The van der Waals surface area contributed by atoms with Crippen LogP contribution < -0.4 is 9.80 Å². The third-order valence-electron chi connectivity index (χ3n) is 18.1. The Hall–Kier alpha value is -6.78. The Labute approximate surface area is 387 Å². The van der Waals surface area contributed by atoms with Crippen molar-refractivity contribution in [2.75, 3.05) is 9.80 Å². The molecular weight excluding hydrogens is 801 g/mol. The Morgan fingerprint density at radius 3 is 1.20 bits per heavy atom. The summed E-state index contributed by atoms with van der Waals surface area (Å²) in [6, 6.07) is 55.6. The van der Waals surface area contributed by atoms with Crippen LogP contribution in [0.1, 0.15) is 90.2 Å². The highest BCUT2D eigenvalue weighted by atomic mass is 15.3. The summed E-state index contributed by atoms with van der Waals surface area (Å²) in [7, 11) is 0. The van der Waals surface area contributed by atoms with Crippen molar-refractivity contribution in [3.05, 3.63) is 169 Å². The van der Waals surface area contributed by atoms with E-state index < -0.39 is 0 Å². The Morgan fingerprint density at radius 1 is 0.379 bits per heavy atom. The van der Waals surface area contributed by atoms with Crippen molar-refractivity contribution in [1.29, 1.82) is 0 Å². The van der Waals surface area contributed by atoms with E-state index in [0.29, 0.717) is 0 Å². The molecule has 4 unspecified atom stereocenters. The second-order valence-corrected chi connectivity index (χ2v) is 21.2. The summed E-state index contributed by atoms with van der Waals surface area (Å²) < 4.78 is 0. The average Bonchev–Trinajstić information content (AvgIpc) is 3.69. The molecule has 4 heterocycles. The Bertz CT molecular complexity index is 3350. The SMILES string of the molecule is CC12CCCCC1(C)N(c1nccc3ccccc13)c1ccc(-c3cc4ccc5cc(-c6ccc7c(c6)C6(C)CCCCC6(C)N7c6nccc7ccccc67)cc6ccc(c3)c4c56)cc12. The van der Waals surface area contributed by atoms with Gasteiger partial charge in [0.15, 0.2) is 0 Å². The number of benzene rings is 8. The summed E-state index contributed by atoms with van der Waals surface area (Å²) in [5, 5.41) is 12.8. The number of hydrogen-bond acceptors (Lipinski definition) is 4. The van der Waals surface area contributed by atoms with Gasteiger partial charge in [0, 0.05) is 45.4 Å². The lowest BCUT2D eigenvalue weighted by molar-refractivity contribution is 0.194. The zero-order chi connectivity index (χ0) is 44.2. The maximum absolute atomic E-state index is 5.11. The molecule has 2 saturated carbocycles. The molecule has 0 radical (unpaired) electrons. The van der Waals surface area contributed by atoms with Gasteiger partial charge in [-0.05, 0) is 177 Å². The van der Waals surface area contributed by atoms with Gasteiger partial charge in [-0.15, -0.1) is 0 Å². The highest BCUT2D eigenvalue weighted by molar-refractivity contribution is 6.24. The number of rotatable bonds is 4. The molecule has 0 N–H and O–H groups in total. The van der Waals surface area contributed by atoms with E-state index >= 15 is 0 Å². The summed E-state index contributed by atoms with van der Waals surface area (Å²) in [6.07, 6.45) is 13.6. The van der Waals surface area contributed by atoms with Crippen molar-refractivity contribution < 1.29 is 0 Å². The third kappa shape index (κ3) is 4.95. The Balaban J connectivity index is 0.864. The number of nitrogens with zero attached hydrogens (tertiary/aromatic N) is 4. The topological polar surface area (TPSA) is 32.3 Å². The van der Waals surface area contributed by atoms with Gasteiger partial charge in [-0.3, -0.25) is 0 Å². The monoisotopic (exact) mass is 854 g/mol. The molecule has 2 aromatic heterocycles. The number of fused-ring (bicyclic) bond motifs is 8. The zero-order valence-electron chi connectivity index (χ0n) is 38.5. The lowest BCUT2D eigenvalue weighted by atomic mass is 9.61. The molecule has 4 aliphatic rings. The van der Waals surface area contributed by atoms with Gasteiger partial charge in [0.05, 0.1) is 11.1 Å². The van der Waals surface area contributed by atoms with Gasteiger partial charge >= 0.3 is 0 Å². The second-order valence-electron chi connectivity index (χ2n) is 21.2. The van der Waals surface area contributed by atoms with Gasteiger partial charge in [-0.1, -0.05) is 124 Å². The number of anilines is 4. The predicted octanol–water partition coefficient (Wildman–Crippen LogP) is 16.5. The summed E-state index contributed by atoms with van der Waals surface area (Å²) >= 11 is 0. The first-order chi connectivity index (χ1) is 32.2. The molecular formula is C62H54N4. The van der Waals surface area contributed by atoms with Gasteiger partial charge in [0.25, 0.3) is 0 Å². The van der Waals surface area contributed by atoms with Crippen LogP contribution in [-0.2, 0) is 10.8 Å². The first-order valence-corrected chi connectivity index (χ1v) is 24.5. The number of pyridine rings is 2. The van der Waals surface area contributed by atoms with Crippen LogP contribution in [-0.4, -0.2) is 21.0 Å². The van der Waals surface area contributed by atoms with Crippen LogP contribution >= 0.6 is 0 Å². The fourth-order valence-corrected chi connectivity index (χ4v) is 14.2. The van der Waals surface area contributed by atoms with E-state index in [1.807, 2.05) is 12.4 Å². The van der Waals surface area contributed by atoms with E-state index in [4.69, 9.17) is 9.97 Å². The second kappa shape index (κ2) is 13.4. The predicted molar refractivity (Wildman–Crippen MR) is 277 cm³/mol. The van der Waals surface area contributed by atoms with E-state index in [-0.39, 0.29) is 21.9 Å². The smallest absolute Gasteiger partial charge is 0.141 e. The Morgan fingerprint density at radius 2 is 0.773 bits per heavy atom. The molecule has 4 nitrogen and oxygen atoms in total. The molecule has 10 aromatic rings. The van der Waals surface area contributed by atoms with Gasteiger partial charge in [-0.2, -0.15) is 0 Å². The van der Waals surface area contributed by atoms with Crippen LogP contribution in [0.3, 0.4) is 0 Å². The standard InChI is InChI=1S/C62H54N4/c1-59-27-9-11-29-61(59,3)65(57-49-15-7-5-13-39(49)25-31-63-57)53-23-21-41(37-51(53)59)47-33-43-17-19-45-35-48(36-46-20-18-44(34-47)55(43)56(45)46)42-22-24-54-52(38-42)60(2)28-10-12-30-62(60,4)66(54)58-50-16-8-6-14-40(50)26-32-64-58/h5-8,13-26,31-38H,9-12,27-30H2,1-4H3. The van der Waals surface area contributed by atoms with Crippen molar-refractivity contribution in [2.45, 2.75) is 101 Å². The van der Waals surface area contributed by atoms with Crippen molar-refractivity contribution in [1.82, 2.24) is 9.97 Å². The minimum absolute atomic E-state index is 0.00301. The fourth-order valence-electron chi connectivity index (χ4n) is 14.2. The largest absolute Gasteiger partial charge is 0.319 e. The van der Waals surface area contributed by atoms with Crippen molar-refractivity contribution in [3.8, 4) is 22.3 Å². The molecule has 0 spiro atoms. The van der Waals surface area contributed by atoms with E-state index in [1.54, 1.807) is 0 Å². The third-order valence-corrected chi connectivity index (χ3v) is 18.1. The molecule has 0 amide bonds. The van der Waals surface area contributed by atoms with Crippen LogP contribution in [0.25, 0.3) is 76.1 Å². The molecule has 2 aliphatic heterocycles. The molecule has 4 heteroatoms. The van der Waals surface area contributed by atoms with Crippen molar-refractivity contribution in [2.24, 2.45) is 0 Å². The molecule has 4 atom stereocenters. The van der Waals surface area contributed by atoms with Gasteiger partial charge in [-0.25, -0.2) is 9.97 Å². The molecule has 322 valence electrons. The molecule has 2 fully saturated rings. The maximum atomic E-state index is 5.11. The Kier molecular flexibility index (Phi) is 7.82. The van der Waals surface area contributed by atoms with Crippen molar-refractivity contribution in [3.63, 3.8) is 0 Å². The van der Waals surface area contributed by atoms with Crippen molar-refractivity contribution >= 4 is 76.9 Å². The summed E-state index contributed by atoms with van der Waals surface area (Å²) in [4.78, 5) is 15.5. The molecule has 2 aliphatic carbocycles. The highest BCUT2D eigenvalue weighted by Gasteiger charge is 2.59. The molecule has 66 heavy (non-hydrogen) atoms. The fraction of sp³-hybridized carbons (Fsp3) is 0.258. The zero-order valence-corrected chi connectivity index (χ0v) is 38.5. The lowest BCUT2D eigenvalue weighted by Gasteiger charge is -2.50. The van der Waals surface area contributed by atoms with Crippen LogP contribution in [0, 0.1) is 0 Å². The lowest BCUT2D eigenvalue weighted by Crippen LogP contribution is -2.54. The van der Waals surface area contributed by atoms with Crippen LogP contribution in [0.2, 0.25) is 0 Å². The molecule has 0 saturated heterocycles. The maximum Gasteiger partial charge on any atom is 0.141 e. The molecule has 14 rings (SSSR count). The van der Waals surface area contributed by atoms with Gasteiger partial charge in [0.2, 0.25) is 0 Å². The van der Waals surface area contributed by atoms with Crippen LogP contribution in [0.5, 0.6) is 0 Å². The van der Waals surface area contributed by atoms with E-state index in [9.17, 15) is 0 Å². The normalized spacial score (nSPS) is 24.7. The average molecular weight is 855 g/mol. The minimum atomic E-state index is -0.0703. The number of aromatic nitrogens is 2. The first-order valence-electron chi connectivity index (χ1n) is 24.5. The van der Waals surface area contributed by atoms with Crippen LogP contribution in [0.4, 0.5) is 23.0 Å². The van der Waals surface area contributed by atoms with Gasteiger partial charge in [0.1, 0.15) is 11.6 Å². The van der Waals surface area contributed by atoms with E-state index in [0.717, 1.165) is 24.5 Å².